The molecule has 2 amide bonds. The van der Waals surface area contributed by atoms with Crippen molar-refractivity contribution in [2.45, 2.75) is 87.9 Å². The van der Waals surface area contributed by atoms with Crippen molar-refractivity contribution in [3.8, 4) is 0 Å². The van der Waals surface area contributed by atoms with E-state index >= 15 is 0 Å². The summed E-state index contributed by atoms with van der Waals surface area (Å²) in [7, 11) is 0. The van der Waals surface area contributed by atoms with E-state index in [1.807, 2.05) is 10.6 Å². The van der Waals surface area contributed by atoms with Gasteiger partial charge in [0.15, 0.2) is 17.0 Å². The lowest BCUT2D eigenvalue weighted by Gasteiger charge is -2.23. The molecule has 0 spiro atoms. The first kappa shape index (κ1) is 39.6. The van der Waals surface area contributed by atoms with E-state index in [1.165, 1.54) is 4.57 Å². The number of imidazole rings is 1. The lowest BCUT2D eigenvalue weighted by atomic mass is 9.92. The number of aliphatic hydroxyl groups excluding tert-OH is 2. The topological polar surface area (TPSA) is 296 Å². The van der Waals surface area contributed by atoms with Gasteiger partial charge in [0, 0.05) is 41.0 Å². The van der Waals surface area contributed by atoms with Crippen LogP contribution in [0.15, 0.2) is 52.3 Å². The Morgan fingerprint density at radius 2 is 1.91 bits per heavy atom. The smallest absolute Gasteiger partial charge is 0.351 e. The van der Waals surface area contributed by atoms with Gasteiger partial charge >= 0.3 is 5.69 Å². The predicted molar refractivity (Wildman–Crippen MR) is 203 cm³/mol. The van der Waals surface area contributed by atoms with E-state index in [0.29, 0.717) is 18.0 Å². The number of anilines is 3. The quantitative estimate of drug-likeness (QED) is 0.0595. The summed E-state index contributed by atoms with van der Waals surface area (Å²) in [5.41, 5.74) is 21.5. The molecule has 1 saturated carbocycles. The van der Waals surface area contributed by atoms with Crippen molar-refractivity contribution in [1.29, 1.82) is 0 Å². The predicted octanol–water partition coefficient (Wildman–Crippen LogP) is 1.95. The number of nitrogens with zero attached hydrogens (tertiary/aromatic N) is 9. The summed E-state index contributed by atoms with van der Waals surface area (Å²) in [5.74, 6) is 0.760. The van der Waals surface area contributed by atoms with Crippen LogP contribution in [0.1, 0.15) is 58.2 Å². The van der Waals surface area contributed by atoms with Gasteiger partial charge in [0.1, 0.15) is 17.5 Å². The van der Waals surface area contributed by atoms with Crippen LogP contribution in [0.25, 0.3) is 21.6 Å². The first-order valence-corrected chi connectivity index (χ1v) is 19.1. The molecule has 3 fully saturated rings. The molecular formula is C34H45N13O7S. The molecule has 4 unspecified atom stereocenters. The summed E-state index contributed by atoms with van der Waals surface area (Å²) in [4.78, 5) is 54.0. The second kappa shape index (κ2) is 17.6. The summed E-state index contributed by atoms with van der Waals surface area (Å²) >= 11 is 1.72. The number of nitrogen functional groups attached to an aromatic ring is 2. The highest BCUT2D eigenvalue weighted by Crippen LogP contribution is 2.34. The molecule has 55 heavy (non-hydrogen) atoms. The van der Waals surface area contributed by atoms with Gasteiger partial charge in [-0.15, -0.1) is 11.8 Å². The number of amides is 2. The fourth-order valence-corrected chi connectivity index (χ4v) is 7.64. The number of carbonyl (C=O) groups is 2. The van der Waals surface area contributed by atoms with Crippen molar-refractivity contribution in [3.63, 3.8) is 0 Å². The molecule has 3 aliphatic heterocycles. The minimum absolute atomic E-state index is 0.162. The number of thioether (sulfide) groups is 1. The van der Waals surface area contributed by atoms with Gasteiger partial charge in [-0.05, 0) is 50.6 Å². The molecule has 0 radical (unpaired) electrons. The van der Waals surface area contributed by atoms with Crippen LogP contribution in [0.2, 0.25) is 0 Å². The van der Waals surface area contributed by atoms with Crippen LogP contribution in [0.5, 0.6) is 0 Å². The monoisotopic (exact) mass is 779 g/mol. The Morgan fingerprint density at radius 3 is 2.56 bits per heavy atom. The second-order valence-corrected chi connectivity index (χ2v) is 14.9. The molecule has 8 atom stereocenters. The van der Waals surface area contributed by atoms with Gasteiger partial charge in [-0.3, -0.25) is 19.5 Å². The van der Waals surface area contributed by atoms with E-state index in [-0.39, 0.29) is 54.3 Å². The summed E-state index contributed by atoms with van der Waals surface area (Å²) in [6.45, 7) is 3.56. The largest absolute Gasteiger partial charge is 0.396 e. The number of allylic oxidation sites excluding steroid dienone is 1. The fourth-order valence-electron chi connectivity index (χ4n) is 6.58. The molecule has 294 valence electrons. The molecule has 0 bridgehead atoms. The van der Waals surface area contributed by atoms with Crippen LogP contribution in [-0.2, 0) is 19.1 Å². The number of hydrogen-bond acceptors (Lipinski definition) is 16. The fraction of sp³-hybridized carbons (Fsp3) is 0.559. The van der Waals surface area contributed by atoms with Crippen molar-refractivity contribution in [1.82, 2.24) is 34.4 Å². The molecule has 5 aliphatic rings. The number of imide groups is 1. The Kier molecular flexibility index (Phi) is 12.7. The average Bonchev–Trinajstić information content (AvgIpc) is 3.57. The zero-order valence-corrected chi connectivity index (χ0v) is 31.2. The third-order valence-electron chi connectivity index (χ3n) is 9.69. The molecule has 0 aromatic carbocycles. The standard InChI is InChI=1S/C14H18N6O.C11H14N4O4.C9H13N3O2S/c15-14-18-12(17-9-2-3-9)11-13(19-14)20(7-16-11)10-4-1-8(5-10)6-21;1-5-2-6(11(18)13-10(5)17)8-3-7(14-15-12)9(4-16)19-8;1-2-8-14-7(5-15-8)12-4-3-6(10)11-9(12)13/h1,4,7-10,21H,2-3,5-6H2,(H3,15,17,18,19);2,6-9,16H,3-4H2,1H3,(H,13,17,18);3-4,7-8H,2,5H2,1H3,(H2,10,11,13)/t8-,10+;;7-,8+/m1.0/s1. The molecule has 21 heteroatoms. The highest BCUT2D eigenvalue weighted by atomic mass is 32.2. The molecule has 20 nitrogen and oxygen atoms in total. The molecule has 3 aromatic rings. The summed E-state index contributed by atoms with van der Waals surface area (Å²) < 4.78 is 14.7. The normalized spacial score (nSPS) is 28.4. The Labute approximate surface area is 319 Å². The second-order valence-electron chi connectivity index (χ2n) is 13.7. The maximum absolute atomic E-state index is 11.8. The molecule has 2 aliphatic carbocycles. The van der Waals surface area contributed by atoms with E-state index in [4.69, 9.17) is 31.6 Å². The molecular weight excluding hydrogens is 735 g/mol. The van der Waals surface area contributed by atoms with Crippen molar-refractivity contribution in [2.24, 2.45) is 17.0 Å². The lowest BCUT2D eigenvalue weighted by Crippen LogP contribution is -2.44. The summed E-state index contributed by atoms with van der Waals surface area (Å²) in [5, 5.41) is 27.6. The van der Waals surface area contributed by atoms with Crippen molar-refractivity contribution < 1.29 is 29.3 Å². The van der Waals surface area contributed by atoms with Gasteiger partial charge in [0.2, 0.25) is 11.9 Å². The van der Waals surface area contributed by atoms with Gasteiger partial charge in [0.25, 0.3) is 5.91 Å². The molecule has 6 heterocycles. The van der Waals surface area contributed by atoms with Gasteiger partial charge in [-0.25, -0.2) is 9.78 Å². The van der Waals surface area contributed by atoms with Gasteiger partial charge in [0.05, 0.1) is 43.1 Å². The van der Waals surface area contributed by atoms with Crippen molar-refractivity contribution in [2.75, 3.05) is 35.8 Å². The van der Waals surface area contributed by atoms with E-state index in [1.54, 1.807) is 43.4 Å². The number of rotatable bonds is 9. The number of nitrogens with one attached hydrogen (secondary N) is 2. The number of hydrogen-bond donors (Lipinski definition) is 6. The van der Waals surface area contributed by atoms with Crippen LogP contribution in [0, 0.1) is 11.8 Å². The maximum Gasteiger partial charge on any atom is 0.351 e. The maximum atomic E-state index is 11.8. The summed E-state index contributed by atoms with van der Waals surface area (Å²) in [6, 6.07) is 1.75. The van der Waals surface area contributed by atoms with E-state index in [9.17, 15) is 19.5 Å². The van der Waals surface area contributed by atoms with Gasteiger partial charge in [-0.1, -0.05) is 30.3 Å². The van der Waals surface area contributed by atoms with Crippen molar-refractivity contribution >= 4 is 52.3 Å². The SMILES string of the molecule is CC1=CC(C2CC(N=[N+]=[N-])C(CO)O2)C(=O)NC1=O.CC[C@@H]1O[C@H](n2ccc(N)nc2=O)CS1.Nc1nc(NC2CC2)c2ncn([C@H]3C=C[C@@H](CO)C3)c2n1. The number of carbonyl (C=O) groups excluding carboxylic acids is 2. The first-order valence-electron chi connectivity index (χ1n) is 18.0. The molecule has 2 saturated heterocycles. The molecule has 3 aromatic heterocycles. The van der Waals surface area contributed by atoms with Gasteiger partial charge < -0.3 is 41.0 Å². The first-order chi connectivity index (χ1) is 26.5. The number of aromatic nitrogens is 6. The highest BCUT2D eigenvalue weighted by Gasteiger charge is 2.42. The highest BCUT2D eigenvalue weighted by molar-refractivity contribution is 7.99. The number of aliphatic hydroxyl groups is 2. The van der Waals surface area contributed by atoms with Crippen LogP contribution in [-0.4, -0.2) is 99.8 Å². The molecule has 8 N–H and O–H groups in total. The van der Waals surface area contributed by atoms with E-state index < -0.39 is 36.0 Å². The Morgan fingerprint density at radius 1 is 1.11 bits per heavy atom. The number of fused-ring (bicyclic) bond motifs is 1. The van der Waals surface area contributed by atoms with Crippen LogP contribution >= 0.6 is 11.8 Å². The number of azide groups is 1. The van der Waals surface area contributed by atoms with Crippen LogP contribution < -0.4 is 27.8 Å². The molecule has 8 rings (SSSR count). The van der Waals surface area contributed by atoms with E-state index in [2.05, 4.69) is 53.6 Å². The van der Waals surface area contributed by atoms with Crippen LogP contribution in [0.3, 0.4) is 0 Å². The Bertz CT molecular complexity index is 2050. The van der Waals surface area contributed by atoms with Crippen LogP contribution in [0.4, 0.5) is 17.6 Å². The lowest BCUT2D eigenvalue weighted by molar-refractivity contribution is -0.134. The Balaban J connectivity index is 0.000000142. The Hall–Kier alpha value is -5.05. The third-order valence-corrected chi connectivity index (χ3v) is 11.0. The third kappa shape index (κ3) is 9.43. The summed E-state index contributed by atoms with van der Waals surface area (Å²) in [6.07, 6.45) is 12.2. The average molecular weight is 780 g/mol. The zero-order valence-electron chi connectivity index (χ0n) is 30.3. The van der Waals surface area contributed by atoms with E-state index in [0.717, 1.165) is 48.4 Å². The van der Waals surface area contributed by atoms with Crippen molar-refractivity contribution in [3.05, 3.63) is 63.3 Å². The zero-order chi connectivity index (χ0) is 39.2. The number of ether oxygens (including phenoxy) is 2. The number of nitrogens with two attached hydrogens (primary N) is 2. The minimum Gasteiger partial charge on any atom is -0.396 e. The minimum atomic E-state index is -0.611. The van der Waals surface area contributed by atoms with Gasteiger partial charge in [-0.2, -0.15) is 15.0 Å².